The number of rotatable bonds is 6. The van der Waals surface area contributed by atoms with Crippen molar-refractivity contribution in [2.45, 2.75) is 52.5 Å². The lowest BCUT2D eigenvalue weighted by molar-refractivity contribution is 0.509. The molecule has 1 aromatic rings. The van der Waals surface area contributed by atoms with Crippen molar-refractivity contribution in [1.82, 2.24) is 15.0 Å². The molecule has 2 rings (SSSR count). The fourth-order valence-corrected chi connectivity index (χ4v) is 2.16. The highest BCUT2D eigenvalue weighted by Gasteiger charge is 2.31. The van der Waals surface area contributed by atoms with Gasteiger partial charge in [0.05, 0.1) is 5.69 Å². The van der Waals surface area contributed by atoms with Gasteiger partial charge in [-0.1, -0.05) is 31.4 Å². The van der Waals surface area contributed by atoms with Gasteiger partial charge in [-0.05, 0) is 31.6 Å². The minimum Gasteiger partial charge on any atom is -0.252 e. The van der Waals surface area contributed by atoms with E-state index in [1.165, 1.54) is 32.1 Å². The third-order valence-electron chi connectivity index (χ3n) is 3.39. The van der Waals surface area contributed by atoms with Crippen LogP contribution in [0.2, 0.25) is 0 Å². The van der Waals surface area contributed by atoms with Crippen molar-refractivity contribution in [2.75, 3.05) is 0 Å². The van der Waals surface area contributed by atoms with Gasteiger partial charge in [0.1, 0.15) is 0 Å². The Bertz CT molecular complexity index is 306. The first-order valence-electron chi connectivity index (χ1n) is 6.12. The zero-order valence-electron chi connectivity index (χ0n) is 9.82. The molecule has 1 aromatic heterocycles. The summed E-state index contributed by atoms with van der Waals surface area (Å²) in [7, 11) is 0. The van der Waals surface area contributed by atoms with Crippen molar-refractivity contribution >= 4 is 0 Å². The Hall–Kier alpha value is -0.860. The average molecular weight is 207 g/mol. The summed E-state index contributed by atoms with van der Waals surface area (Å²) in [5.41, 5.74) is 1.02. The molecule has 0 N–H and O–H groups in total. The third-order valence-corrected chi connectivity index (χ3v) is 3.39. The Morgan fingerprint density at radius 1 is 1.40 bits per heavy atom. The van der Waals surface area contributed by atoms with Crippen LogP contribution < -0.4 is 0 Å². The molecule has 3 heteroatoms. The lowest BCUT2D eigenvalue weighted by Crippen LogP contribution is -1.98. The summed E-state index contributed by atoms with van der Waals surface area (Å²) in [6.07, 6.45) is 8.90. The Morgan fingerprint density at radius 3 is 2.80 bits per heavy atom. The number of aromatic nitrogens is 3. The van der Waals surface area contributed by atoms with Crippen LogP contribution in [0, 0.1) is 18.8 Å². The molecular formula is C12H21N3. The quantitative estimate of drug-likeness (QED) is 0.671. The van der Waals surface area contributed by atoms with Gasteiger partial charge in [0.15, 0.2) is 0 Å². The summed E-state index contributed by atoms with van der Waals surface area (Å²) >= 11 is 0. The smallest absolute Gasteiger partial charge is 0.0796 e. The van der Waals surface area contributed by atoms with Crippen molar-refractivity contribution in [1.29, 1.82) is 0 Å². The highest BCUT2D eigenvalue weighted by molar-refractivity contribution is 4.86. The molecule has 15 heavy (non-hydrogen) atoms. The summed E-state index contributed by atoms with van der Waals surface area (Å²) in [5, 5.41) is 8.02. The highest BCUT2D eigenvalue weighted by Crippen LogP contribution is 2.41. The second kappa shape index (κ2) is 4.77. The maximum absolute atomic E-state index is 4.04. The van der Waals surface area contributed by atoms with Crippen LogP contribution in [0.1, 0.15) is 44.7 Å². The van der Waals surface area contributed by atoms with Gasteiger partial charge in [0.2, 0.25) is 0 Å². The SMILES string of the molecule is Cc1cn(CCCCCC2C[C@@H]2C)nn1. The van der Waals surface area contributed by atoms with Crippen LogP contribution in [0.3, 0.4) is 0 Å². The molecule has 0 bridgehead atoms. The van der Waals surface area contributed by atoms with Crippen LogP contribution in [0.4, 0.5) is 0 Å². The van der Waals surface area contributed by atoms with Crippen molar-refractivity contribution < 1.29 is 0 Å². The number of unbranched alkanes of at least 4 members (excludes halogenated alkanes) is 2. The van der Waals surface area contributed by atoms with Crippen LogP contribution in [0.5, 0.6) is 0 Å². The molecule has 0 aromatic carbocycles. The molecule has 0 saturated heterocycles. The molecule has 0 spiro atoms. The first-order valence-corrected chi connectivity index (χ1v) is 6.12. The van der Waals surface area contributed by atoms with Crippen molar-refractivity contribution in [3.8, 4) is 0 Å². The summed E-state index contributed by atoms with van der Waals surface area (Å²) in [5.74, 6) is 2.07. The zero-order valence-corrected chi connectivity index (χ0v) is 9.82. The van der Waals surface area contributed by atoms with Gasteiger partial charge in [-0.25, -0.2) is 0 Å². The van der Waals surface area contributed by atoms with Crippen LogP contribution in [-0.2, 0) is 6.54 Å². The van der Waals surface area contributed by atoms with Gasteiger partial charge in [-0.3, -0.25) is 4.68 Å². The normalized spacial score (nSPS) is 24.4. The van der Waals surface area contributed by atoms with E-state index in [9.17, 15) is 0 Å². The molecule has 0 aliphatic heterocycles. The predicted molar refractivity (Wildman–Crippen MR) is 60.5 cm³/mol. The summed E-state index contributed by atoms with van der Waals surface area (Å²) < 4.78 is 1.95. The van der Waals surface area contributed by atoms with Crippen LogP contribution in [0.15, 0.2) is 6.20 Å². The van der Waals surface area contributed by atoms with Crippen molar-refractivity contribution in [3.63, 3.8) is 0 Å². The van der Waals surface area contributed by atoms with E-state index in [2.05, 4.69) is 17.2 Å². The van der Waals surface area contributed by atoms with Crippen LogP contribution in [-0.4, -0.2) is 15.0 Å². The van der Waals surface area contributed by atoms with Crippen LogP contribution in [0.25, 0.3) is 0 Å². The topological polar surface area (TPSA) is 30.7 Å². The third kappa shape index (κ3) is 3.33. The molecule has 1 unspecified atom stereocenters. The fourth-order valence-electron chi connectivity index (χ4n) is 2.16. The van der Waals surface area contributed by atoms with E-state index < -0.39 is 0 Å². The van der Waals surface area contributed by atoms with E-state index in [4.69, 9.17) is 0 Å². The van der Waals surface area contributed by atoms with E-state index in [1.54, 1.807) is 0 Å². The maximum atomic E-state index is 4.04. The molecule has 84 valence electrons. The minimum absolute atomic E-state index is 1.02. The number of hydrogen-bond acceptors (Lipinski definition) is 2. The van der Waals surface area contributed by atoms with E-state index >= 15 is 0 Å². The molecule has 1 saturated carbocycles. The van der Waals surface area contributed by atoms with Gasteiger partial charge >= 0.3 is 0 Å². The van der Waals surface area contributed by atoms with Gasteiger partial charge in [0, 0.05) is 12.7 Å². The van der Waals surface area contributed by atoms with E-state index in [0.29, 0.717) is 0 Å². The number of hydrogen-bond donors (Lipinski definition) is 0. The maximum Gasteiger partial charge on any atom is 0.0796 e. The predicted octanol–water partition coefficient (Wildman–Crippen LogP) is 2.80. The summed E-state index contributed by atoms with van der Waals surface area (Å²) in [6, 6.07) is 0. The van der Waals surface area contributed by atoms with Gasteiger partial charge in [0.25, 0.3) is 0 Å². The Labute approximate surface area is 91.9 Å². The number of nitrogens with zero attached hydrogens (tertiary/aromatic N) is 3. The van der Waals surface area contributed by atoms with Gasteiger partial charge in [-0.15, -0.1) is 5.10 Å². The fraction of sp³-hybridized carbons (Fsp3) is 0.833. The van der Waals surface area contributed by atoms with E-state index in [-0.39, 0.29) is 0 Å². The molecule has 1 heterocycles. The molecule has 1 aliphatic carbocycles. The largest absolute Gasteiger partial charge is 0.252 e. The Kier molecular flexibility index (Phi) is 3.39. The zero-order chi connectivity index (χ0) is 10.7. The standard InChI is InChI=1S/C12H21N3/c1-10-8-12(10)6-4-3-5-7-15-9-11(2)13-14-15/h9-10,12H,3-8H2,1-2H3/t10-,12?/m0/s1. The highest BCUT2D eigenvalue weighted by atomic mass is 15.4. The number of aryl methyl sites for hydroxylation is 2. The van der Waals surface area contributed by atoms with Crippen molar-refractivity contribution in [2.24, 2.45) is 11.8 Å². The minimum atomic E-state index is 1.02. The lowest BCUT2D eigenvalue weighted by atomic mass is 10.1. The average Bonchev–Trinajstić information content (AvgIpc) is 2.73. The molecule has 1 aliphatic rings. The molecule has 2 atom stereocenters. The van der Waals surface area contributed by atoms with Crippen LogP contribution >= 0.6 is 0 Å². The van der Waals surface area contributed by atoms with Gasteiger partial charge in [-0.2, -0.15) is 0 Å². The lowest BCUT2D eigenvalue weighted by Gasteiger charge is -2.00. The monoisotopic (exact) mass is 207 g/mol. The molecule has 0 radical (unpaired) electrons. The van der Waals surface area contributed by atoms with Crippen molar-refractivity contribution in [3.05, 3.63) is 11.9 Å². The summed E-state index contributed by atoms with van der Waals surface area (Å²) in [4.78, 5) is 0. The second-order valence-corrected chi connectivity index (χ2v) is 4.95. The summed E-state index contributed by atoms with van der Waals surface area (Å²) in [6.45, 7) is 5.38. The first kappa shape index (κ1) is 10.7. The second-order valence-electron chi connectivity index (χ2n) is 4.95. The van der Waals surface area contributed by atoms with E-state index in [0.717, 1.165) is 24.1 Å². The molecule has 0 amide bonds. The molecular weight excluding hydrogens is 186 g/mol. The first-order chi connectivity index (χ1) is 7.25. The Morgan fingerprint density at radius 2 is 2.20 bits per heavy atom. The molecule has 3 nitrogen and oxygen atoms in total. The Balaban J connectivity index is 1.51. The van der Waals surface area contributed by atoms with E-state index in [1.807, 2.05) is 17.8 Å². The molecule has 1 fully saturated rings. The van der Waals surface area contributed by atoms with Gasteiger partial charge < -0.3 is 0 Å².